The van der Waals surface area contributed by atoms with Crippen molar-refractivity contribution in [2.45, 2.75) is 50.6 Å². The highest BCUT2D eigenvalue weighted by atomic mass is 32.1. The van der Waals surface area contributed by atoms with Crippen LogP contribution in [0.2, 0.25) is 0 Å². The predicted molar refractivity (Wildman–Crippen MR) is 83.3 cm³/mol. The number of nitrogens with zero attached hydrogens (tertiary/aromatic N) is 3. The molecule has 0 unspecified atom stereocenters. The average Bonchev–Trinajstić information content (AvgIpc) is 3.09. The lowest BCUT2D eigenvalue weighted by atomic mass is 9.99. The van der Waals surface area contributed by atoms with Crippen molar-refractivity contribution in [3.05, 3.63) is 16.6 Å². The van der Waals surface area contributed by atoms with Crippen LogP contribution in [0, 0.1) is 5.92 Å². The molecule has 5 nitrogen and oxygen atoms in total. The van der Waals surface area contributed by atoms with E-state index in [-0.39, 0.29) is 23.8 Å². The molecule has 0 bridgehead atoms. The van der Waals surface area contributed by atoms with Gasteiger partial charge in [0.15, 0.2) is 0 Å². The maximum absolute atomic E-state index is 13.0. The summed E-state index contributed by atoms with van der Waals surface area (Å²) in [4.78, 5) is 33.4. The Hall–Kier alpha value is -1.43. The summed E-state index contributed by atoms with van der Waals surface area (Å²) in [5, 5.41) is 3.01. The van der Waals surface area contributed by atoms with Crippen LogP contribution in [0.1, 0.15) is 49.6 Å². The zero-order valence-electron chi connectivity index (χ0n) is 12.6. The minimum Gasteiger partial charge on any atom is -0.339 e. The molecule has 118 valence electrons. The van der Waals surface area contributed by atoms with Gasteiger partial charge in [-0.15, -0.1) is 11.3 Å². The summed E-state index contributed by atoms with van der Waals surface area (Å²) in [6.07, 6.45) is 7.62. The molecule has 2 aliphatic heterocycles. The Morgan fingerprint density at radius 2 is 2.14 bits per heavy atom. The van der Waals surface area contributed by atoms with E-state index in [1.165, 1.54) is 0 Å². The summed E-state index contributed by atoms with van der Waals surface area (Å²) in [5.74, 6) is 0.189. The fourth-order valence-electron chi connectivity index (χ4n) is 3.72. The fourth-order valence-corrected chi connectivity index (χ4v) is 4.51. The van der Waals surface area contributed by atoms with Crippen molar-refractivity contribution >= 4 is 23.2 Å². The first-order valence-electron chi connectivity index (χ1n) is 8.23. The zero-order chi connectivity index (χ0) is 15.1. The van der Waals surface area contributed by atoms with Gasteiger partial charge >= 0.3 is 0 Å². The van der Waals surface area contributed by atoms with Gasteiger partial charge in [-0.3, -0.25) is 9.59 Å². The molecule has 0 radical (unpaired) electrons. The molecule has 3 aliphatic rings. The van der Waals surface area contributed by atoms with Crippen molar-refractivity contribution in [2.75, 3.05) is 13.1 Å². The maximum Gasteiger partial charge on any atom is 0.228 e. The lowest BCUT2D eigenvalue weighted by Crippen LogP contribution is -2.42. The molecule has 3 heterocycles. The van der Waals surface area contributed by atoms with E-state index in [1.807, 2.05) is 21.4 Å². The smallest absolute Gasteiger partial charge is 0.228 e. The number of thiazole rings is 1. The molecule has 0 spiro atoms. The van der Waals surface area contributed by atoms with Crippen LogP contribution in [0.4, 0.5) is 0 Å². The Bertz CT molecular complexity index is 570. The molecule has 1 aromatic rings. The van der Waals surface area contributed by atoms with E-state index < -0.39 is 0 Å². The summed E-state index contributed by atoms with van der Waals surface area (Å²) in [5.41, 5.74) is 0. The van der Waals surface area contributed by atoms with Gasteiger partial charge in [0.1, 0.15) is 5.01 Å². The highest BCUT2D eigenvalue weighted by Gasteiger charge is 2.44. The second-order valence-electron chi connectivity index (χ2n) is 6.59. The quantitative estimate of drug-likeness (QED) is 0.858. The van der Waals surface area contributed by atoms with Gasteiger partial charge in [0.2, 0.25) is 11.8 Å². The minimum absolute atomic E-state index is 0.117. The number of hydrogen-bond donors (Lipinski definition) is 0. The number of carbonyl (C=O) groups excluding carboxylic acids is 2. The highest BCUT2D eigenvalue weighted by Crippen LogP contribution is 2.37. The van der Waals surface area contributed by atoms with Crippen molar-refractivity contribution < 1.29 is 9.59 Å². The summed E-state index contributed by atoms with van der Waals surface area (Å²) in [6.45, 7) is 1.43. The molecule has 0 N–H and O–H groups in total. The van der Waals surface area contributed by atoms with Crippen LogP contribution in [0.3, 0.4) is 0 Å². The Kier molecular flexibility index (Phi) is 3.64. The molecule has 2 saturated heterocycles. The third kappa shape index (κ3) is 2.53. The Morgan fingerprint density at radius 1 is 1.27 bits per heavy atom. The van der Waals surface area contributed by atoms with Crippen molar-refractivity contribution in [2.24, 2.45) is 5.92 Å². The summed E-state index contributed by atoms with van der Waals surface area (Å²) in [7, 11) is 0. The predicted octanol–water partition coefficient (Wildman–Crippen LogP) is 2.21. The Labute approximate surface area is 134 Å². The zero-order valence-corrected chi connectivity index (χ0v) is 13.4. The van der Waals surface area contributed by atoms with Crippen molar-refractivity contribution in [1.82, 2.24) is 14.8 Å². The van der Waals surface area contributed by atoms with E-state index in [4.69, 9.17) is 0 Å². The number of piperidine rings is 1. The molecule has 3 fully saturated rings. The molecule has 1 aromatic heterocycles. The molecule has 4 rings (SSSR count). The van der Waals surface area contributed by atoms with Crippen LogP contribution < -0.4 is 0 Å². The number of rotatable bonds is 3. The van der Waals surface area contributed by atoms with E-state index in [1.54, 1.807) is 11.3 Å². The first kappa shape index (κ1) is 14.2. The van der Waals surface area contributed by atoms with E-state index >= 15 is 0 Å². The Balaban J connectivity index is 1.49. The molecular weight excluding hydrogens is 298 g/mol. The fraction of sp³-hybridized carbons (Fsp3) is 0.688. The van der Waals surface area contributed by atoms with Gasteiger partial charge in [0.25, 0.3) is 0 Å². The Morgan fingerprint density at radius 3 is 2.86 bits per heavy atom. The molecule has 1 aliphatic carbocycles. The number of hydrogen-bond acceptors (Lipinski definition) is 4. The SMILES string of the molecule is O=C1C[C@H](C(=O)N2CCCC[C@H]2c2nccs2)CN1C1CC1. The van der Waals surface area contributed by atoms with Gasteiger partial charge in [-0.1, -0.05) is 0 Å². The lowest BCUT2D eigenvalue weighted by molar-refractivity contribution is -0.139. The maximum atomic E-state index is 13.0. The number of aromatic nitrogens is 1. The van der Waals surface area contributed by atoms with E-state index in [2.05, 4.69) is 4.98 Å². The normalized spacial score (nSPS) is 29.2. The summed E-state index contributed by atoms with van der Waals surface area (Å²) >= 11 is 1.63. The second kappa shape index (κ2) is 5.65. The van der Waals surface area contributed by atoms with Crippen LogP contribution in [0.25, 0.3) is 0 Å². The van der Waals surface area contributed by atoms with Crippen molar-refractivity contribution in [1.29, 1.82) is 0 Å². The second-order valence-corrected chi connectivity index (χ2v) is 7.52. The first-order valence-corrected chi connectivity index (χ1v) is 9.11. The van der Waals surface area contributed by atoms with E-state index in [0.717, 1.165) is 43.7 Å². The highest BCUT2D eigenvalue weighted by molar-refractivity contribution is 7.09. The summed E-state index contributed by atoms with van der Waals surface area (Å²) in [6, 6.07) is 0.535. The number of carbonyl (C=O) groups is 2. The van der Waals surface area contributed by atoms with Gasteiger partial charge in [0.05, 0.1) is 12.0 Å². The van der Waals surface area contributed by atoms with Crippen LogP contribution in [0.15, 0.2) is 11.6 Å². The van der Waals surface area contributed by atoms with E-state index in [0.29, 0.717) is 19.0 Å². The van der Waals surface area contributed by atoms with Crippen LogP contribution in [0.5, 0.6) is 0 Å². The van der Waals surface area contributed by atoms with Crippen LogP contribution >= 0.6 is 11.3 Å². The number of amides is 2. The molecule has 2 atom stereocenters. The largest absolute Gasteiger partial charge is 0.339 e. The standard InChI is InChI=1S/C16H21N3O2S/c20-14-9-11(10-19(14)12-4-5-12)16(21)18-7-2-1-3-13(18)15-17-6-8-22-15/h6,8,11-13H,1-5,7,9-10H2/t11-,13-/m0/s1. The van der Waals surface area contributed by atoms with Crippen LogP contribution in [-0.2, 0) is 9.59 Å². The molecule has 2 amide bonds. The van der Waals surface area contributed by atoms with Gasteiger partial charge in [-0.05, 0) is 32.1 Å². The summed E-state index contributed by atoms with van der Waals surface area (Å²) < 4.78 is 0. The van der Waals surface area contributed by atoms with Gasteiger partial charge in [-0.25, -0.2) is 4.98 Å². The van der Waals surface area contributed by atoms with E-state index in [9.17, 15) is 9.59 Å². The monoisotopic (exact) mass is 319 g/mol. The average molecular weight is 319 g/mol. The van der Waals surface area contributed by atoms with Crippen molar-refractivity contribution in [3.63, 3.8) is 0 Å². The van der Waals surface area contributed by atoms with Gasteiger partial charge in [-0.2, -0.15) is 0 Å². The first-order chi connectivity index (χ1) is 10.7. The topological polar surface area (TPSA) is 53.5 Å². The van der Waals surface area contributed by atoms with Crippen LogP contribution in [-0.4, -0.2) is 45.7 Å². The molecule has 0 aromatic carbocycles. The van der Waals surface area contributed by atoms with Gasteiger partial charge < -0.3 is 9.80 Å². The minimum atomic E-state index is -0.145. The third-order valence-electron chi connectivity index (χ3n) is 5.02. The lowest BCUT2D eigenvalue weighted by Gasteiger charge is -2.36. The third-order valence-corrected chi connectivity index (χ3v) is 5.89. The molecule has 22 heavy (non-hydrogen) atoms. The van der Waals surface area contributed by atoms with Gasteiger partial charge in [0, 0.05) is 37.1 Å². The molecule has 6 heteroatoms. The molecule has 1 saturated carbocycles. The van der Waals surface area contributed by atoms with Crippen molar-refractivity contribution in [3.8, 4) is 0 Å². The molecular formula is C16H21N3O2S. The number of likely N-dealkylation sites (tertiary alicyclic amines) is 2.